The molecule has 0 spiro atoms. The molecule has 2 N–H and O–H groups in total. The first-order valence-corrected chi connectivity index (χ1v) is 6.61. The van der Waals surface area contributed by atoms with Gasteiger partial charge in [0.1, 0.15) is 0 Å². The molecule has 0 aliphatic carbocycles. The Morgan fingerprint density at radius 1 is 1.50 bits per heavy atom. The van der Waals surface area contributed by atoms with Gasteiger partial charge in [0.05, 0.1) is 17.9 Å². The zero-order valence-corrected chi connectivity index (χ0v) is 11.3. The summed E-state index contributed by atoms with van der Waals surface area (Å²) in [4.78, 5) is 0. The lowest BCUT2D eigenvalue weighted by Crippen LogP contribution is -2.45. The minimum absolute atomic E-state index is 0.222. The second-order valence-electron chi connectivity index (χ2n) is 5.17. The fourth-order valence-electron chi connectivity index (χ4n) is 2.12. The Bertz CT molecular complexity index is 370. The molecule has 2 heterocycles. The molecule has 0 aromatic carbocycles. The molecule has 1 fully saturated rings. The summed E-state index contributed by atoms with van der Waals surface area (Å²) in [6.07, 6.45) is 3.73. The summed E-state index contributed by atoms with van der Waals surface area (Å²) in [5.74, 6) is 0. The molecule has 0 atom stereocenters. The predicted molar refractivity (Wildman–Crippen MR) is 69.2 cm³/mol. The molecule has 18 heavy (non-hydrogen) atoms. The first-order chi connectivity index (χ1) is 8.65. The Hall–Kier alpha value is -0.910. The number of rotatable bonds is 5. The van der Waals surface area contributed by atoms with Gasteiger partial charge in [-0.1, -0.05) is 0 Å². The fraction of sp³-hybridized carbons (Fsp3) is 0.769. The van der Waals surface area contributed by atoms with E-state index in [2.05, 4.69) is 18.9 Å². The summed E-state index contributed by atoms with van der Waals surface area (Å²) in [6, 6.07) is 2.38. The summed E-state index contributed by atoms with van der Waals surface area (Å²) in [5, 5.41) is 4.48. The molecule has 0 amide bonds. The minimum atomic E-state index is -0.222. The van der Waals surface area contributed by atoms with Crippen LogP contribution in [0.1, 0.15) is 38.4 Å². The lowest BCUT2D eigenvalue weighted by Gasteiger charge is -2.35. The Morgan fingerprint density at radius 3 is 2.78 bits per heavy atom. The smallest absolute Gasteiger partial charge is 0.0914 e. The number of aromatic nitrogens is 2. The van der Waals surface area contributed by atoms with E-state index < -0.39 is 0 Å². The summed E-state index contributed by atoms with van der Waals surface area (Å²) >= 11 is 0. The average molecular weight is 253 g/mol. The molecule has 1 aliphatic rings. The van der Waals surface area contributed by atoms with E-state index in [0.717, 1.165) is 31.7 Å². The van der Waals surface area contributed by atoms with Crippen molar-refractivity contribution in [2.24, 2.45) is 5.73 Å². The molecule has 1 aromatic heterocycles. The topological polar surface area (TPSA) is 62.3 Å². The van der Waals surface area contributed by atoms with Gasteiger partial charge in [0.25, 0.3) is 0 Å². The summed E-state index contributed by atoms with van der Waals surface area (Å²) < 4.78 is 13.3. The largest absolute Gasteiger partial charge is 0.381 e. The summed E-state index contributed by atoms with van der Waals surface area (Å²) in [7, 11) is 0. The van der Waals surface area contributed by atoms with E-state index in [-0.39, 0.29) is 5.60 Å². The van der Waals surface area contributed by atoms with Gasteiger partial charge in [-0.25, -0.2) is 0 Å². The van der Waals surface area contributed by atoms with Crippen LogP contribution < -0.4 is 5.73 Å². The van der Waals surface area contributed by atoms with E-state index in [1.54, 1.807) is 0 Å². The van der Waals surface area contributed by atoms with Crippen LogP contribution in [0.15, 0.2) is 12.3 Å². The van der Waals surface area contributed by atoms with E-state index in [0.29, 0.717) is 19.2 Å². The van der Waals surface area contributed by atoms with E-state index in [1.807, 2.05) is 16.9 Å². The van der Waals surface area contributed by atoms with E-state index >= 15 is 0 Å². The minimum Gasteiger partial charge on any atom is -0.381 e. The van der Waals surface area contributed by atoms with Crippen LogP contribution in [0.2, 0.25) is 0 Å². The van der Waals surface area contributed by atoms with E-state index in [1.165, 1.54) is 0 Å². The lowest BCUT2D eigenvalue weighted by atomic mass is 9.94. The molecule has 1 aromatic rings. The third-order valence-electron chi connectivity index (χ3n) is 3.49. The maximum absolute atomic E-state index is 6.02. The number of nitrogens with zero attached hydrogens (tertiary/aromatic N) is 2. The van der Waals surface area contributed by atoms with Crippen molar-refractivity contribution in [3.8, 4) is 0 Å². The standard InChI is InChI=1S/C13H23N3O2/c1-11(2)16-6-3-12(15-16)9-18-13(10-14)4-7-17-8-5-13/h3,6,11H,4-5,7-10,14H2,1-2H3. The Balaban J connectivity index is 1.92. The quantitative estimate of drug-likeness (QED) is 0.863. The maximum Gasteiger partial charge on any atom is 0.0914 e. The number of nitrogens with two attached hydrogens (primary N) is 1. The van der Waals surface area contributed by atoms with Crippen molar-refractivity contribution in [1.82, 2.24) is 9.78 Å². The van der Waals surface area contributed by atoms with Crippen molar-refractivity contribution in [3.63, 3.8) is 0 Å². The van der Waals surface area contributed by atoms with E-state index in [9.17, 15) is 0 Å². The molecule has 1 saturated heterocycles. The molecule has 5 heteroatoms. The highest BCUT2D eigenvalue weighted by Gasteiger charge is 2.32. The van der Waals surface area contributed by atoms with Crippen LogP contribution in [0.4, 0.5) is 0 Å². The highest BCUT2D eigenvalue weighted by molar-refractivity contribution is 4.98. The maximum atomic E-state index is 6.02. The van der Waals surface area contributed by atoms with Crippen LogP contribution in [0.3, 0.4) is 0 Å². The number of hydrogen-bond donors (Lipinski definition) is 1. The van der Waals surface area contributed by atoms with Gasteiger partial charge in [0.2, 0.25) is 0 Å². The summed E-state index contributed by atoms with van der Waals surface area (Å²) in [5.41, 5.74) is 6.59. The van der Waals surface area contributed by atoms with Crippen molar-refractivity contribution in [2.75, 3.05) is 19.8 Å². The molecular formula is C13H23N3O2. The normalized spacial score (nSPS) is 19.3. The first kappa shape index (κ1) is 13.5. The zero-order chi connectivity index (χ0) is 13.0. The van der Waals surface area contributed by atoms with Crippen LogP contribution in [0, 0.1) is 0 Å². The van der Waals surface area contributed by atoms with Gasteiger partial charge < -0.3 is 15.2 Å². The van der Waals surface area contributed by atoms with Crippen LogP contribution >= 0.6 is 0 Å². The molecule has 0 unspecified atom stereocenters. The molecule has 102 valence electrons. The third kappa shape index (κ3) is 3.10. The third-order valence-corrected chi connectivity index (χ3v) is 3.49. The van der Waals surface area contributed by atoms with Gasteiger partial charge in [-0.3, -0.25) is 4.68 Å². The highest BCUT2D eigenvalue weighted by atomic mass is 16.5. The van der Waals surface area contributed by atoms with Crippen LogP contribution in [-0.2, 0) is 16.1 Å². The van der Waals surface area contributed by atoms with Crippen LogP contribution in [-0.4, -0.2) is 35.1 Å². The van der Waals surface area contributed by atoms with Gasteiger partial charge in [0.15, 0.2) is 0 Å². The Labute approximate surface area is 108 Å². The van der Waals surface area contributed by atoms with E-state index in [4.69, 9.17) is 15.2 Å². The fourth-order valence-corrected chi connectivity index (χ4v) is 2.12. The van der Waals surface area contributed by atoms with Gasteiger partial charge in [0, 0.05) is 44.8 Å². The van der Waals surface area contributed by atoms with Crippen LogP contribution in [0.25, 0.3) is 0 Å². The SMILES string of the molecule is CC(C)n1ccc(COC2(CN)CCOCC2)n1. The average Bonchev–Trinajstić information content (AvgIpc) is 2.87. The monoisotopic (exact) mass is 253 g/mol. The lowest BCUT2D eigenvalue weighted by molar-refractivity contribution is -0.113. The molecule has 0 saturated carbocycles. The molecule has 0 bridgehead atoms. The second kappa shape index (κ2) is 5.82. The van der Waals surface area contributed by atoms with Crippen molar-refractivity contribution < 1.29 is 9.47 Å². The van der Waals surface area contributed by atoms with Gasteiger partial charge >= 0.3 is 0 Å². The van der Waals surface area contributed by atoms with Crippen LogP contribution in [0.5, 0.6) is 0 Å². The van der Waals surface area contributed by atoms with Crippen molar-refractivity contribution >= 4 is 0 Å². The number of hydrogen-bond acceptors (Lipinski definition) is 4. The zero-order valence-electron chi connectivity index (χ0n) is 11.3. The molecular weight excluding hydrogens is 230 g/mol. The number of ether oxygens (including phenoxy) is 2. The predicted octanol–water partition coefficient (Wildman–Crippen LogP) is 1.49. The second-order valence-corrected chi connectivity index (χ2v) is 5.17. The molecule has 1 aliphatic heterocycles. The molecule has 0 radical (unpaired) electrons. The highest BCUT2D eigenvalue weighted by Crippen LogP contribution is 2.25. The van der Waals surface area contributed by atoms with Gasteiger partial charge in [-0.2, -0.15) is 5.10 Å². The van der Waals surface area contributed by atoms with Gasteiger partial charge in [-0.15, -0.1) is 0 Å². The van der Waals surface area contributed by atoms with Crippen molar-refractivity contribution in [2.45, 2.75) is 44.9 Å². The first-order valence-electron chi connectivity index (χ1n) is 6.61. The summed E-state index contributed by atoms with van der Waals surface area (Å²) in [6.45, 7) is 6.75. The Morgan fingerprint density at radius 2 is 2.22 bits per heavy atom. The van der Waals surface area contributed by atoms with Crippen molar-refractivity contribution in [3.05, 3.63) is 18.0 Å². The molecule has 2 rings (SSSR count). The van der Waals surface area contributed by atoms with Gasteiger partial charge in [-0.05, 0) is 19.9 Å². The van der Waals surface area contributed by atoms with Crippen molar-refractivity contribution in [1.29, 1.82) is 0 Å². The molecule has 5 nitrogen and oxygen atoms in total. The Kier molecular flexibility index (Phi) is 4.37.